The first kappa shape index (κ1) is 13.8. The summed E-state index contributed by atoms with van der Waals surface area (Å²) in [4.78, 5) is 11.7. The predicted molar refractivity (Wildman–Crippen MR) is 77.7 cm³/mol. The van der Waals surface area contributed by atoms with E-state index in [-0.39, 0.29) is 11.6 Å². The molecule has 0 atom stereocenters. The highest BCUT2D eigenvalue weighted by Crippen LogP contribution is 2.21. The molecule has 6 heteroatoms. The topological polar surface area (TPSA) is 74.5 Å². The lowest BCUT2D eigenvalue weighted by atomic mass is 10.1. The number of methoxy groups -OCH3 is 1. The Morgan fingerprint density at radius 1 is 1.05 bits per heavy atom. The lowest BCUT2D eigenvalue weighted by Gasteiger charge is -2.04. The molecule has 3 rings (SSSR count). The van der Waals surface area contributed by atoms with E-state index in [0.717, 1.165) is 11.3 Å². The molecule has 0 bridgehead atoms. The molecule has 22 heavy (non-hydrogen) atoms. The molecule has 0 aliphatic heterocycles. The summed E-state index contributed by atoms with van der Waals surface area (Å²) < 4.78 is 15.1. The van der Waals surface area contributed by atoms with Crippen molar-refractivity contribution in [3.05, 3.63) is 60.6 Å². The molecule has 3 aromatic rings. The summed E-state index contributed by atoms with van der Waals surface area (Å²) in [5.41, 5.74) is 1.55. The van der Waals surface area contributed by atoms with Gasteiger partial charge in [0.25, 0.3) is 0 Å². The van der Waals surface area contributed by atoms with Gasteiger partial charge in [-0.05, 0) is 42.5 Å². The summed E-state index contributed by atoms with van der Waals surface area (Å²) in [7, 11) is 1.61. The Morgan fingerprint density at radius 3 is 2.45 bits per heavy atom. The molecule has 0 radical (unpaired) electrons. The molecule has 2 aromatic heterocycles. The molecule has 2 heterocycles. The first-order chi connectivity index (χ1) is 10.8. The minimum atomic E-state index is -0.614. The summed E-state index contributed by atoms with van der Waals surface area (Å²) in [5, 5.41) is 7.92. The van der Waals surface area contributed by atoms with Gasteiger partial charge in [0.2, 0.25) is 11.6 Å². The van der Waals surface area contributed by atoms with Gasteiger partial charge in [0.1, 0.15) is 5.75 Å². The molecule has 6 nitrogen and oxygen atoms in total. The Hall–Kier alpha value is -3.15. The molecular weight excluding hydrogens is 284 g/mol. The van der Waals surface area contributed by atoms with Gasteiger partial charge in [-0.2, -0.15) is 0 Å². The molecule has 0 amide bonds. The van der Waals surface area contributed by atoms with Crippen LogP contribution in [-0.4, -0.2) is 23.3 Å². The average molecular weight is 296 g/mol. The zero-order valence-electron chi connectivity index (χ0n) is 11.7. The van der Waals surface area contributed by atoms with Crippen LogP contribution in [0, 0.1) is 0 Å². The number of benzene rings is 1. The van der Waals surface area contributed by atoms with Crippen molar-refractivity contribution in [3.8, 4) is 22.9 Å². The zero-order chi connectivity index (χ0) is 15.4. The minimum Gasteiger partial charge on any atom is -0.497 e. The van der Waals surface area contributed by atoms with Crippen molar-refractivity contribution in [2.24, 2.45) is 0 Å². The van der Waals surface area contributed by atoms with Gasteiger partial charge >= 0.3 is 5.97 Å². The fourth-order valence-electron chi connectivity index (χ4n) is 1.83. The van der Waals surface area contributed by atoms with E-state index in [9.17, 15) is 4.79 Å². The summed E-state index contributed by atoms with van der Waals surface area (Å²) >= 11 is 0. The number of nitrogens with zero attached hydrogens (tertiary/aromatic N) is 2. The molecule has 0 spiro atoms. The molecule has 0 aliphatic rings. The van der Waals surface area contributed by atoms with E-state index in [1.54, 1.807) is 25.3 Å². The fourth-order valence-corrected chi connectivity index (χ4v) is 1.83. The highest BCUT2D eigenvalue weighted by atomic mass is 16.6. The van der Waals surface area contributed by atoms with Crippen LogP contribution in [0.5, 0.6) is 11.6 Å². The highest BCUT2D eigenvalue weighted by Gasteiger charge is 2.12. The lowest BCUT2D eigenvalue weighted by molar-refractivity contribution is 0.0692. The van der Waals surface area contributed by atoms with Crippen LogP contribution in [0.3, 0.4) is 0 Å². The van der Waals surface area contributed by atoms with Crippen LogP contribution in [0.25, 0.3) is 11.3 Å². The van der Waals surface area contributed by atoms with Crippen molar-refractivity contribution in [2.75, 3.05) is 7.11 Å². The van der Waals surface area contributed by atoms with Crippen molar-refractivity contribution >= 4 is 5.97 Å². The van der Waals surface area contributed by atoms with Crippen LogP contribution in [0.1, 0.15) is 10.6 Å². The van der Waals surface area contributed by atoms with Crippen molar-refractivity contribution in [2.45, 2.75) is 0 Å². The smallest absolute Gasteiger partial charge is 0.380 e. The Balaban J connectivity index is 1.73. The first-order valence-corrected chi connectivity index (χ1v) is 6.50. The Labute approximate surface area is 126 Å². The standard InChI is InChI=1S/C16H12N2O4/c1-20-12-6-4-11(5-7-12)13-8-9-15(18-17-13)22-16(19)14-3-2-10-21-14/h2-10H,1H3. The number of aromatic nitrogens is 2. The van der Waals surface area contributed by atoms with E-state index in [0.29, 0.717) is 5.69 Å². The molecule has 0 unspecified atom stereocenters. The fraction of sp³-hybridized carbons (Fsp3) is 0.0625. The molecule has 110 valence electrons. The van der Waals surface area contributed by atoms with Crippen molar-refractivity contribution in [1.82, 2.24) is 10.2 Å². The quantitative estimate of drug-likeness (QED) is 0.689. The molecular formula is C16H12N2O4. The third kappa shape index (κ3) is 2.95. The number of carbonyl (C=O) groups excluding carboxylic acids is 1. The Kier molecular flexibility index (Phi) is 3.82. The van der Waals surface area contributed by atoms with Crippen molar-refractivity contribution in [3.63, 3.8) is 0 Å². The van der Waals surface area contributed by atoms with Gasteiger partial charge < -0.3 is 13.9 Å². The van der Waals surface area contributed by atoms with E-state index in [2.05, 4.69) is 10.2 Å². The zero-order valence-corrected chi connectivity index (χ0v) is 11.7. The second-order valence-electron chi connectivity index (χ2n) is 4.35. The molecule has 0 aliphatic carbocycles. The van der Waals surface area contributed by atoms with E-state index in [1.807, 2.05) is 24.3 Å². The van der Waals surface area contributed by atoms with Crippen molar-refractivity contribution in [1.29, 1.82) is 0 Å². The minimum absolute atomic E-state index is 0.110. The number of ether oxygens (including phenoxy) is 2. The first-order valence-electron chi connectivity index (χ1n) is 6.50. The summed E-state index contributed by atoms with van der Waals surface area (Å²) in [6, 6.07) is 13.8. The monoisotopic (exact) mass is 296 g/mol. The Bertz CT molecular complexity index is 750. The van der Waals surface area contributed by atoms with Gasteiger partial charge in [0.05, 0.1) is 19.1 Å². The van der Waals surface area contributed by atoms with Gasteiger partial charge in [-0.1, -0.05) is 0 Å². The van der Waals surface area contributed by atoms with Gasteiger partial charge in [-0.25, -0.2) is 4.79 Å². The third-order valence-electron chi connectivity index (χ3n) is 2.95. The maximum absolute atomic E-state index is 11.7. The molecule has 0 N–H and O–H groups in total. The van der Waals surface area contributed by atoms with Crippen molar-refractivity contribution < 1.29 is 18.7 Å². The lowest BCUT2D eigenvalue weighted by Crippen LogP contribution is -2.08. The van der Waals surface area contributed by atoms with Gasteiger partial charge in [0.15, 0.2) is 0 Å². The van der Waals surface area contributed by atoms with Crippen LogP contribution in [0.2, 0.25) is 0 Å². The SMILES string of the molecule is COc1ccc(-c2ccc(OC(=O)c3ccco3)nn2)cc1. The maximum Gasteiger partial charge on any atom is 0.380 e. The van der Waals surface area contributed by atoms with Gasteiger partial charge in [-0.15, -0.1) is 10.2 Å². The van der Waals surface area contributed by atoms with E-state index in [4.69, 9.17) is 13.9 Å². The van der Waals surface area contributed by atoms with Crippen LogP contribution in [0.4, 0.5) is 0 Å². The second kappa shape index (κ2) is 6.09. The highest BCUT2D eigenvalue weighted by molar-refractivity contribution is 5.87. The maximum atomic E-state index is 11.7. The Morgan fingerprint density at radius 2 is 1.86 bits per heavy atom. The summed E-state index contributed by atoms with van der Waals surface area (Å²) in [6.07, 6.45) is 1.40. The average Bonchev–Trinajstić information content (AvgIpc) is 3.10. The van der Waals surface area contributed by atoms with Crippen LogP contribution >= 0.6 is 0 Å². The normalized spacial score (nSPS) is 10.2. The largest absolute Gasteiger partial charge is 0.497 e. The summed E-state index contributed by atoms with van der Waals surface area (Å²) in [6.45, 7) is 0. The number of furan rings is 1. The van der Waals surface area contributed by atoms with E-state index >= 15 is 0 Å². The number of hydrogen-bond acceptors (Lipinski definition) is 6. The van der Waals surface area contributed by atoms with Gasteiger partial charge in [-0.3, -0.25) is 0 Å². The molecule has 0 saturated heterocycles. The van der Waals surface area contributed by atoms with Gasteiger partial charge in [0, 0.05) is 11.6 Å². The van der Waals surface area contributed by atoms with E-state index in [1.165, 1.54) is 12.3 Å². The molecule has 1 aromatic carbocycles. The van der Waals surface area contributed by atoms with E-state index < -0.39 is 5.97 Å². The second-order valence-corrected chi connectivity index (χ2v) is 4.35. The molecule has 0 fully saturated rings. The number of hydrogen-bond donors (Lipinski definition) is 0. The number of esters is 1. The summed E-state index contributed by atoms with van der Waals surface area (Å²) in [5.74, 6) is 0.372. The third-order valence-corrected chi connectivity index (χ3v) is 2.95. The number of carbonyl (C=O) groups is 1. The van der Waals surface area contributed by atoms with Crippen LogP contribution < -0.4 is 9.47 Å². The predicted octanol–water partition coefficient (Wildman–Crippen LogP) is 2.96. The number of rotatable bonds is 4. The van der Waals surface area contributed by atoms with Crippen LogP contribution in [-0.2, 0) is 0 Å². The van der Waals surface area contributed by atoms with Crippen LogP contribution in [0.15, 0.2) is 59.2 Å². The molecule has 0 saturated carbocycles.